The Morgan fingerprint density at radius 2 is 1.41 bits per heavy atom. The van der Waals surface area contributed by atoms with Gasteiger partial charge in [-0.3, -0.25) is 0 Å². The number of piperidine rings is 1. The van der Waals surface area contributed by atoms with E-state index in [4.69, 9.17) is 26.1 Å². The zero-order valence-corrected chi connectivity index (χ0v) is 28.3. The van der Waals surface area contributed by atoms with E-state index in [1.165, 1.54) is 32.1 Å². The Morgan fingerprint density at radius 3 is 2.07 bits per heavy atom. The minimum absolute atomic E-state index is 0.428. The quantitative estimate of drug-likeness (QED) is 0.136. The molecule has 1 aromatic heterocycles. The molecule has 244 valence electrons. The number of likely N-dealkylation sites (tertiary alicyclic amines) is 1. The fraction of sp³-hybridized carbons (Fsp3) is 0.462. The van der Waals surface area contributed by atoms with Gasteiger partial charge in [-0.05, 0) is 131 Å². The van der Waals surface area contributed by atoms with Gasteiger partial charge in [0, 0.05) is 41.0 Å². The molecule has 2 fully saturated rings. The van der Waals surface area contributed by atoms with Crippen molar-refractivity contribution in [3.63, 3.8) is 0 Å². The van der Waals surface area contributed by atoms with E-state index in [-0.39, 0.29) is 0 Å². The number of ether oxygens (including phenoxy) is 2. The monoisotopic (exact) mass is 640 g/mol. The van der Waals surface area contributed by atoms with Gasteiger partial charge in [0.25, 0.3) is 0 Å². The molecule has 1 aliphatic heterocycles. The van der Waals surface area contributed by atoms with E-state index in [0.29, 0.717) is 10.9 Å². The molecule has 2 aliphatic rings. The summed E-state index contributed by atoms with van der Waals surface area (Å²) in [5.74, 6) is 4.06. The smallest absolute Gasteiger partial charge is 0.127 e. The first-order chi connectivity index (χ1) is 22.6. The van der Waals surface area contributed by atoms with Gasteiger partial charge in [0.1, 0.15) is 23.1 Å². The summed E-state index contributed by atoms with van der Waals surface area (Å²) < 4.78 is 14.5. The standard InChI is InChI=1S/C39H49ClN4O2/c1-3-42(4-2)25-8-28-45-35-21-15-34(16-22-35)44-29-38(30-11-17-36(18-12-30)46-37-19-13-32(40)14-20-37)41-39(44)31-23-26-43(27-24-31)33-9-6-5-7-10-33/h11-22,29,31,33H,3-10,23-28H2,1-2H3. The van der Waals surface area contributed by atoms with Gasteiger partial charge in [-0.25, -0.2) is 4.98 Å². The fourth-order valence-corrected chi connectivity index (χ4v) is 7.18. The van der Waals surface area contributed by atoms with E-state index in [2.05, 4.69) is 70.8 Å². The van der Waals surface area contributed by atoms with Crippen LogP contribution in [-0.4, -0.2) is 64.7 Å². The van der Waals surface area contributed by atoms with Crippen LogP contribution in [0.1, 0.15) is 77.0 Å². The van der Waals surface area contributed by atoms with Crippen molar-refractivity contribution in [2.24, 2.45) is 0 Å². The Morgan fingerprint density at radius 1 is 0.783 bits per heavy atom. The molecule has 0 N–H and O–H groups in total. The summed E-state index contributed by atoms with van der Waals surface area (Å²) in [7, 11) is 0. The molecular formula is C39H49ClN4O2. The summed E-state index contributed by atoms with van der Waals surface area (Å²) in [6.07, 6.45) is 12.4. The highest BCUT2D eigenvalue weighted by Crippen LogP contribution is 2.35. The van der Waals surface area contributed by atoms with Gasteiger partial charge in [-0.1, -0.05) is 44.7 Å². The van der Waals surface area contributed by atoms with Gasteiger partial charge in [-0.15, -0.1) is 0 Å². The highest BCUT2D eigenvalue weighted by atomic mass is 35.5. The highest BCUT2D eigenvalue weighted by molar-refractivity contribution is 6.30. The minimum atomic E-state index is 0.428. The summed E-state index contributed by atoms with van der Waals surface area (Å²) in [6.45, 7) is 10.7. The van der Waals surface area contributed by atoms with Gasteiger partial charge in [0.2, 0.25) is 0 Å². The number of aromatic nitrogens is 2. The van der Waals surface area contributed by atoms with Crippen molar-refractivity contribution in [1.82, 2.24) is 19.4 Å². The van der Waals surface area contributed by atoms with Gasteiger partial charge in [0.05, 0.1) is 12.3 Å². The molecule has 7 heteroatoms. The summed E-state index contributed by atoms with van der Waals surface area (Å²) in [4.78, 5) is 10.5. The van der Waals surface area contributed by atoms with E-state index >= 15 is 0 Å². The second-order valence-corrected chi connectivity index (χ2v) is 13.2. The summed E-state index contributed by atoms with van der Waals surface area (Å²) in [6, 6.07) is 25.0. The Kier molecular flexibility index (Phi) is 11.3. The summed E-state index contributed by atoms with van der Waals surface area (Å²) in [5.41, 5.74) is 3.19. The predicted octanol–water partition coefficient (Wildman–Crippen LogP) is 9.61. The summed E-state index contributed by atoms with van der Waals surface area (Å²) in [5, 5.41) is 0.696. The Hall–Kier alpha value is -3.32. The molecule has 2 heterocycles. The number of hydrogen-bond donors (Lipinski definition) is 0. The van der Waals surface area contributed by atoms with E-state index < -0.39 is 0 Å². The second kappa shape index (κ2) is 16.0. The van der Waals surface area contributed by atoms with Crippen LogP contribution >= 0.6 is 11.6 Å². The van der Waals surface area contributed by atoms with Crippen LogP contribution in [-0.2, 0) is 0 Å². The number of imidazole rings is 1. The molecule has 0 unspecified atom stereocenters. The molecule has 46 heavy (non-hydrogen) atoms. The first-order valence-electron chi connectivity index (χ1n) is 17.4. The molecule has 0 amide bonds. The number of halogens is 1. The van der Waals surface area contributed by atoms with Crippen LogP contribution in [0.25, 0.3) is 16.9 Å². The number of hydrogen-bond acceptors (Lipinski definition) is 5. The van der Waals surface area contributed by atoms with Crippen LogP contribution in [0.4, 0.5) is 0 Å². The van der Waals surface area contributed by atoms with Crippen LogP contribution in [0, 0.1) is 0 Å². The van der Waals surface area contributed by atoms with Crippen molar-refractivity contribution in [2.75, 3.05) is 39.3 Å². The number of rotatable bonds is 13. The van der Waals surface area contributed by atoms with Crippen LogP contribution in [0.3, 0.4) is 0 Å². The van der Waals surface area contributed by atoms with E-state index in [9.17, 15) is 0 Å². The molecule has 0 atom stereocenters. The average molecular weight is 641 g/mol. The third-order valence-electron chi connectivity index (χ3n) is 9.82. The van der Waals surface area contributed by atoms with Crippen LogP contribution in [0.15, 0.2) is 79.0 Å². The topological polar surface area (TPSA) is 42.8 Å². The molecule has 4 aromatic rings. The first kappa shape index (κ1) is 32.6. The Balaban J connectivity index is 1.18. The van der Waals surface area contributed by atoms with Gasteiger partial charge in [0.15, 0.2) is 0 Å². The predicted molar refractivity (Wildman–Crippen MR) is 189 cm³/mol. The molecule has 1 aliphatic carbocycles. The van der Waals surface area contributed by atoms with Crippen molar-refractivity contribution in [3.8, 4) is 34.2 Å². The lowest BCUT2D eigenvalue weighted by Crippen LogP contribution is -2.42. The number of nitrogens with zero attached hydrogens (tertiary/aromatic N) is 4. The molecule has 6 nitrogen and oxygen atoms in total. The lowest BCUT2D eigenvalue weighted by molar-refractivity contribution is 0.120. The van der Waals surface area contributed by atoms with Crippen molar-refractivity contribution in [2.45, 2.75) is 77.2 Å². The molecule has 1 saturated carbocycles. The first-order valence-corrected chi connectivity index (χ1v) is 17.8. The lowest BCUT2D eigenvalue weighted by atomic mass is 9.90. The zero-order chi connectivity index (χ0) is 31.7. The lowest BCUT2D eigenvalue weighted by Gasteiger charge is -2.39. The molecule has 3 aromatic carbocycles. The summed E-state index contributed by atoms with van der Waals surface area (Å²) >= 11 is 6.04. The fourth-order valence-electron chi connectivity index (χ4n) is 7.05. The second-order valence-electron chi connectivity index (χ2n) is 12.8. The minimum Gasteiger partial charge on any atom is -0.494 e. The van der Waals surface area contributed by atoms with Gasteiger partial charge < -0.3 is 23.8 Å². The number of benzene rings is 3. The maximum Gasteiger partial charge on any atom is 0.127 e. The Bertz CT molecular complexity index is 1480. The van der Waals surface area contributed by atoms with Crippen LogP contribution in [0.5, 0.6) is 17.2 Å². The van der Waals surface area contributed by atoms with Crippen molar-refractivity contribution >= 4 is 11.6 Å². The molecule has 0 radical (unpaired) electrons. The normalized spacial score (nSPS) is 16.6. The molecule has 0 bridgehead atoms. The Labute approximate surface area is 280 Å². The molecule has 6 rings (SSSR count). The van der Waals surface area contributed by atoms with Crippen molar-refractivity contribution < 1.29 is 9.47 Å². The van der Waals surface area contributed by atoms with Gasteiger partial charge >= 0.3 is 0 Å². The van der Waals surface area contributed by atoms with Crippen molar-refractivity contribution in [3.05, 3.63) is 89.8 Å². The molecular weight excluding hydrogens is 592 g/mol. The maximum atomic E-state index is 6.11. The largest absolute Gasteiger partial charge is 0.494 e. The third kappa shape index (κ3) is 8.33. The van der Waals surface area contributed by atoms with E-state index in [0.717, 1.165) is 105 Å². The van der Waals surface area contributed by atoms with Crippen LogP contribution in [0.2, 0.25) is 5.02 Å². The zero-order valence-electron chi connectivity index (χ0n) is 27.5. The average Bonchev–Trinajstić information content (AvgIpc) is 3.56. The molecule has 0 spiro atoms. The highest BCUT2D eigenvalue weighted by Gasteiger charge is 2.29. The van der Waals surface area contributed by atoms with Crippen LogP contribution < -0.4 is 9.47 Å². The van der Waals surface area contributed by atoms with Gasteiger partial charge in [-0.2, -0.15) is 0 Å². The van der Waals surface area contributed by atoms with Crippen molar-refractivity contribution in [1.29, 1.82) is 0 Å². The van der Waals surface area contributed by atoms with E-state index in [1.807, 2.05) is 36.4 Å². The maximum absolute atomic E-state index is 6.11. The third-order valence-corrected chi connectivity index (χ3v) is 10.1. The molecule has 1 saturated heterocycles. The SMILES string of the molecule is CCN(CC)CCCOc1ccc(-n2cc(-c3ccc(Oc4ccc(Cl)cc4)cc3)nc2C2CCN(C3CCCCC3)CC2)cc1. The van der Waals surface area contributed by atoms with E-state index in [1.54, 1.807) is 0 Å².